The Balaban J connectivity index is 2.64. The van der Waals surface area contributed by atoms with E-state index in [4.69, 9.17) is 4.74 Å². The van der Waals surface area contributed by atoms with Crippen molar-refractivity contribution < 1.29 is 9.53 Å². The lowest BCUT2D eigenvalue weighted by molar-refractivity contribution is -0.131. The van der Waals surface area contributed by atoms with Crippen LogP contribution in [0, 0.1) is 0 Å². The summed E-state index contributed by atoms with van der Waals surface area (Å²) in [6, 6.07) is 7.46. The molecule has 0 unspecified atom stereocenters. The van der Waals surface area contributed by atoms with E-state index in [2.05, 4.69) is 12.6 Å². The fourth-order valence-electron chi connectivity index (χ4n) is 1.02. The first-order chi connectivity index (χ1) is 6.22. The molecule has 70 valence electrons. The molecule has 1 aromatic carbocycles. The van der Waals surface area contributed by atoms with Gasteiger partial charge in [-0.1, -0.05) is 12.1 Å². The average molecular weight is 196 g/mol. The van der Waals surface area contributed by atoms with Crippen LogP contribution in [0.4, 0.5) is 0 Å². The van der Waals surface area contributed by atoms with Crippen LogP contribution in [0.1, 0.15) is 12.5 Å². The van der Waals surface area contributed by atoms with E-state index in [0.29, 0.717) is 5.75 Å². The normalized spacial score (nSPS) is 9.69. The first-order valence-corrected chi connectivity index (χ1v) is 4.74. The van der Waals surface area contributed by atoms with Gasteiger partial charge in [-0.15, -0.1) is 0 Å². The number of carbonyl (C=O) groups excluding carboxylic acids is 1. The maximum atomic E-state index is 10.6. The molecule has 0 aromatic heterocycles. The van der Waals surface area contributed by atoms with E-state index in [1.54, 1.807) is 12.1 Å². The highest BCUT2D eigenvalue weighted by molar-refractivity contribution is 7.80. The molecule has 0 fully saturated rings. The summed E-state index contributed by atoms with van der Waals surface area (Å²) in [6.45, 7) is 1.39. The first kappa shape index (κ1) is 10.1. The van der Waals surface area contributed by atoms with E-state index in [0.717, 1.165) is 12.2 Å². The highest BCUT2D eigenvalue weighted by Crippen LogP contribution is 2.12. The summed E-state index contributed by atoms with van der Waals surface area (Å²) in [6.07, 6.45) is 0.934. The monoisotopic (exact) mass is 196 g/mol. The number of rotatable bonds is 3. The van der Waals surface area contributed by atoms with Crippen molar-refractivity contribution in [1.82, 2.24) is 0 Å². The van der Waals surface area contributed by atoms with E-state index >= 15 is 0 Å². The lowest BCUT2D eigenvalue weighted by atomic mass is 10.2. The fraction of sp³-hybridized carbons (Fsp3) is 0.300. The van der Waals surface area contributed by atoms with Gasteiger partial charge in [0.2, 0.25) is 0 Å². The molecule has 0 saturated carbocycles. The summed E-state index contributed by atoms with van der Waals surface area (Å²) < 4.78 is 4.89. The summed E-state index contributed by atoms with van der Waals surface area (Å²) in [5, 5.41) is 0. The molecule has 0 aliphatic heterocycles. The molecule has 0 aliphatic rings. The Kier molecular flexibility index (Phi) is 3.83. The van der Waals surface area contributed by atoms with Crippen LogP contribution in [0.5, 0.6) is 5.75 Å². The third kappa shape index (κ3) is 3.51. The molecule has 13 heavy (non-hydrogen) atoms. The van der Waals surface area contributed by atoms with Crippen molar-refractivity contribution >= 4 is 18.6 Å². The predicted molar refractivity (Wildman–Crippen MR) is 55.3 cm³/mol. The van der Waals surface area contributed by atoms with Crippen molar-refractivity contribution in [3.05, 3.63) is 29.8 Å². The van der Waals surface area contributed by atoms with Crippen LogP contribution in [0.2, 0.25) is 0 Å². The molecular weight excluding hydrogens is 184 g/mol. The van der Waals surface area contributed by atoms with Gasteiger partial charge in [-0.25, -0.2) is 0 Å². The van der Waals surface area contributed by atoms with Gasteiger partial charge < -0.3 is 4.74 Å². The number of esters is 1. The first-order valence-electron chi connectivity index (χ1n) is 4.10. The van der Waals surface area contributed by atoms with Crippen LogP contribution >= 0.6 is 12.6 Å². The lowest BCUT2D eigenvalue weighted by Crippen LogP contribution is -2.01. The van der Waals surface area contributed by atoms with Crippen molar-refractivity contribution in [3.63, 3.8) is 0 Å². The number of carbonyl (C=O) groups is 1. The minimum absolute atomic E-state index is 0.290. The van der Waals surface area contributed by atoms with Crippen LogP contribution in [0.15, 0.2) is 24.3 Å². The van der Waals surface area contributed by atoms with Crippen molar-refractivity contribution in [2.24, 2.45) is 0 Å². The molecule has 2 nitrogen and oxygen atoms in total. The second-order valence-corrected chi connectivity index (χ2v) is 3.16. The minimum atomic E-state index is -0.290. The van der Waals surface area contributed by atoms with Crippen LogP contribution < -0.4 is 4.74 Å². The zero-order chi connectivity index (χ0) is 9.68. The maximum Gasteiger partial charge on any atom is 0.308 e. The van der Waals surface area contributed by atoms with Gasteiger partial charge in [-0.2, -0.15) is 12.6 Å². The summed E-state index contributed by atoms with van der Waals surface area (Å²) >= 11 is 4.13. The van der Waals surface area contributed by atoms with E-state index in [9.17, 15) is 4.79 Å². The van der Waals surface area contributed by atoms with Gasteiger partial charge in [-0.3, -0.25) is 4.79 Å². The Morgan fingerprint density at radius 1 is 1.38 bits per heavy atom. The number of aryl methyl sites for hydroxylation is 1. The van der Waals surface area contributed by atoms with Crippen LogP contribution in [-0.4, -0.2) is 11.7 Å². The minimum Gasteiger partial charge on any atom is -0.427 e. The Labute approximate surface area is 83.3 Å². The van der Waals surface area contributed by atoms with Gasteiger partial charge in [0, 0.05) is 6.92 Å². The molecular formula is C10H12O2S. The van der Waals surface area contributed by atoms with Gasteiger partial charge in [0.1, 0.15) is 5.75 Å². The lowest BCUT2D eigenvalue weighted by Gasteiger charge is -2.02. The van der Waals surface area contributed by atoms with Gasteiger partial charge >= 0.3 is 5.97 Å². The van der Waals surface area contributed by atoms with E-state index in [-0.39, 0.29) is 5.97 Å². The van der Waals surface area contributed by atoms with Crippen LogP contribution in [0.25, 0.3) is 0 Å². The summed E-state index contributed by atoms with van der Waals surface area (Å²) in [4.78, 5) is 10.6. The molecule has 0 N–H and O–H groups in total. The van der Waals surface area contributed by atoms with Crippen LogP contribution in [0.3, 0.4) is 0 Å². The van der Waals surface area contributed by atoms with Crippen molar-refractivity contribution in [3.8, 4) is 5.75 Å². The molecule has 1 rings (SSSR count). The van der Waals surface area contributed by atoms with E-state index in [1.807, 2.05) is 12.1 Å². The number of ether oxygens (including phenoxy) is 1. The maximum absolute atomic E-state index is 10.6. The molecule has 0 saturated heterocycles. The van der Waals surface area contributed by atoms with Crippen LogP contribution in [-0.2, 0) is 11.2 Å². The smallest absolute Gasteiger partial charge is 0.308 e. The van der Waals surface area contributed by atoms with Gasteiger partial charge in [0.25, 0.3) is 0 Å². The quantitative estimate of drug-likeness (QED) is 0.455. The Morgan fingerprint density at radius 2 is 2.00 bits per heavy atom. The topological polar surface area (TPSA) is 26.3 Å². The number of hydrogen-bond acceptors (Lipinski definition) is 3. The highest BCUT2D eigenvalue weighted by Gasteiger charge is 1.97. The van der Waals surface area contributed by atoms with E-state index < -0.39 is 0 Å². The predicted octanol–water partition coefficient (Wildman–Crippen LogP) is 2.08. The molecule has 0 amide bonds. The van der Waals surface area contributed by atoms with Gasteiger partial charge in [-0.05, 0) is 29.9 Å². The Bertz CT molecular complexity index is 279. The second-order valence-electron chi connectivity index (χ2n) is 2.71. The van der Waals surface area contributed by atoms with Crippen molar-refractivity contribution in [1.29, 1.82) is 0 Å². The highest BCUT2D eigenvalue weighted by atomic mass is 32.1. The molecule has 0 spiro atoms. The summed E-state index contributed by atoms with van der Waals surface area (Å²) in [5.74, 6) is 1.13. The van der Waals surface area contributed by atoms with E-state index in [1.165, 1.54) is 12.5 Å². The summed E-state index contributed by atoms with van der Waals surface area (Å²) in [5.41, 5.74) is 1.20. The number of thiol groups is 1. The SMILES string of the molecule is CC(=O)Oc1ccc(CCS)cc1. The largest absolute Gasteiger partial charge is 0.427 e. The zero-order valence-corrected chi connectivity index (χ0v) is 8.38. The molecule has 0 radical (unpaired) electrons. The molecule has 0 aliphatic carbocycles. The number of benzene rings is 1. The molecule has 0 atom stereocenters. The number of hydrogen-bond donors (Lipinski definition) is 1. The third-order valence-corrected chi connectivity index (χ3v) is 1.81. The zero-order valence-electron chi connectivity index (χ0n) is 7.49. The summed E-state index contributed by atoms with van der Waals surface area (Å²) in [7, 11) is 0. The third-order valence-electron chi connectivity index (χ3n) is 1.59. The molecule has 0 heterocycles. The van der Waals surface area contributed by atoms with Crippen molar-refractivity contribution in [2.45, 2.75) is 13.3 Å². The molecule has 0 bridgehead atoms. The van der Waals surface area contributed by atoms with Gasteiger partial charge in [0.05, 0.1) is 0 Å². The Hall–Kier alpha value is -0.960. The standard InChI is InChI=1S/C10H12O2S/c1-8(11)12-10-4-2-9(3-5-10)6-7-13/h2-5,13H,6-7H2,1H3. The Morgan fingerprint density at radius 3 is 2.46 bits per heavy atom. The molecule has 3 heteroatoms. The second kappa shape index (κ2) is 4.92. The fourth-order valence-corrected chi connectivity index (χ4v) is 1.28. The van der Waals surface area contributed by atoms with Gasteiger partial charge in [0.15, 0.2) is 0 Å². The molecule has 1 aromatic rings. The average Bonchev–Trinajstić information content (AvgIpc) is 2.08. The van der Waals surface area contributed by atoms with Crippen molar-refractivity contribution in [2.75, 3.05) is 5.75 Å².